The van der Waals surface area contributed by atoms with Gasteiger partial charge in [-0.15, -0.1) is 0 Å². The zero-order chi connectivity index (χ0) is 15.9. The van der Waals surface area contributed by atoms with Gasteiger partial charge in [0.1, 0.15) is 0 Å². The molecule has 0 N–H and O–H groups in total. The fourth-order valence-corrected chi connectivity index (χ4v) is 2.56. The van der Waals surface area contributed by atoms with Crippen LogP contribution in [0.25, 0.3) is 0 Å². The van der Waals surface area contributed by atoms with Crippen LogP contribution in [-0.4, -0.2) is 5.78 Å². The van der Waals surface area contributed by atoms with Crippen LogP contribution < -0.4 is 0 Å². The van der Waals surface area contributed by atoms with Gasteiger partial charge in [-0.3, -0.25) is 4.79 Å². The first kappa shape index (κ1) is 18.2. The van der Waals surface area contributed by atoms with Gasteiger partial charge in [0.2, 0.25) is 0 Å². The van der Waals surface area contributed by atoms with Crippen molar-refractivity contribution in [3.8, 4) is 0 Å². The molecule has 0 bridgehead atoms. The van der Waals surface area contributed by atoms with Crippen molar-refractivity contribution in [3.63, 3.8) is 0 Å². The maximum atomic E-state index is 12.9. The third-order valence-corrected chi connectivity index (χ3v) is 3.84. The molecule has 0 heterocycles. The zero-order valence-electron chi connectivity index (χ0n) is 12.1. The Morgan fingerprint density at radius 3 is 2.33 bits per heavy atom. The van der Waals surface area contributed by atoms with Gasteiger partial charge in [-0.2, -0.15) is 13.2 Å². The maximum absolute atomic E-state index is 12.9. The summed E-state index contributed by atoms with van der Waals surface area (Å²) in [5, 5.41) is 0. The van der Waals surface area contributed by atoms with E-state index in [0.29, 0.717) is 10.9 Å². The highest BCUT2D eigenvalue weighted by molar-refractivity contribution is 9.10. The smallest absolute Gasteiger partial charge is 0.294 e. The summed E-state index contributed by atoms with van der Waals surface area (Å²) in [7, 11) is 0. The van der Waals surface area contributed by atoms with Gasteiger partial charge in [-0.05, 0) is 24.6 Å². The molecule has 21 heavy (non-hydrogen) atoms. The number of benzene rings is 1. The van der Waals surface area contributed by atoms with Crippen LogP contribution in [0.1, 0.15) is 67.8 Å². The highest BCUT2D eigenvalue weighted by atomic mass is 79.9. The van der Waals surface area contributed by atoms with Crippen LogP contribution >= 0.6 is 15.9 Å². The summed E-state index contributed by atoms with van der Waals surface area (Å²) in [4.78, 5) is 12.0. The zero-order valence-corrected chi connectivity index (χ0v) is 13.7. The lowest BCUT2D eigenvalue weighted by atomic mass is 9.99. The fourth-order valence-electron chi connectivity index (χ4n) is 2.19. The summed E-state index contributed by atoms with van der Waals surface area (Å²) in [5.41, 5.74) is -1.08. The quantitative estimate of drug-likeness (QED) is 0.385. The van der Waals surface area contributed by atoms with Crippen LogP contribution in [0.4, 0.5) is 13.2 Å². The molecule has 1 rings (SSSR count). The number of carbonyl (C=O) groups excluding carboxylic acids is 1. The van der Waals surface area contributed by atoms with Crippen LogP contribution in [0, 0.1) is 0 Å². The molecule has 1 nitrogen and oxygen atoms in total. The molecule has 0 unspecified atom stereocenters. The minimum atomic E-state index is -4.50. The number of halogens is 4. The molecule has 5 heteroatoms. The number of ketones is 1. The first-order valence-corrected chi connectivity index (χ1v) is 8.05. The first-order valence-electron chi connectivity index (χ1n) is 7.26. The molecule has 1 aromatic rings. The molecule has 0 fully saturated rings. The monoisotopic (exact) mass is 364 g/mol. The predicted molar refractivity (Wildman–Crippen MR) is 81.5 cm³/mol. The second-order valence-electron chi connectivity index (χ2n) is 5.13. The summed E-state index contributed by atoms with van der Waals surface area (Å²) in [5.74, 6) is -0.426. The first-order chi connectivity index (χ1) is 9.86. The standard InChI is InChI=1S/C16H20BrF3O/c1-2-3-4-5-6-7-8-15(21)13-10-9-12(17)11-14(13)16(18,19)20/h9-11H,2-8H2,1H3. The van der Waals surface area contributed by atoms with E-state index >= 15 is 0 Å². The molecule has 0 aromatic heterocycles. The number of Topliss-reactive ketones (excluding diaryl/α,β-unsaturated/α-hetero) is 1. The van der Waals surface area contributed by atoms with Gasteiger partial charge in [0.25, 0.3) is 0 Å². The van der Waals surface area contributed by atoms with E-state index in [2.05, 4.69) is 22.9 Å². The second kappa shape index (κ2) is 8.57. The second-order valence-corrected chi connectivity index (χ2v) is 6.04. The van der Waals surface area contributed by atoms with Crippen molar-refractivity contribution in [2.75, 3.05) is 0 Å². The molecule has 0 aliphatic heterocycles. The lowest BCUT2D eigenvalue weighted by molar-refractivity contribution is -0.138. The van der Waals surface area contributed by atoms with Crippen molar-refractivity contribution in [2.24, 2.45) is 0 Å². The Kier molecular flexibility index (Phi) is 7.43. The van der Waals surface area contributed by atoms with Gasteiger partial charge >= 0.3 is 6.18 Å². The third-order valence-electron chi connectivity index (χ3n) is 3.34. The van der Waals surface area contributed by atoms with Crippen LogP contribution in [0.15, 0.2) is 22.7 Å². The SMILES string of the molecule is CCCCCCCCC(=O)c1ccc(Br)cc1C(F)(F)F. The lowest BCUT2D eigenvalue weighted by Crippen LogP contribution is -2.13. The average Bonchev–Trinajstić information content (AvgIpc) is 2.41. The molecule has 118 valence electrons. The Balaban J connectivity index is 2.62. The highest BCUT2D eigenvalue weighted by Gasteiger charge is 2.35. The number of unbranched alkanes of at least 4 members (excludes halogenated alkanes) is 5. The number of hydrogen-bond donors (Lipinski definition) is 0. The molecular weight excluding hydrogens is 345 g/mol. The molecule has 0 saturated heterocycles. The topological polar surface area (TPSA) is 17.1 Å². The van der Waals surface area contributed by atoms with Gasteiger partial charge in [0.15, 0.2) is 5.78 Å². The Labute approximate surface area is 132 Å². The maximum Gasteiger partial charge on any atom is 0.417 e. The van der Waals surface area contributed by atoms with Gasteiger partial charge in [-0.1, -0.05) is 55.0 Å². The van der Waals surface area contributed by atoms with Crippen molar-refractivity contribution in [1.29, 1.82) is 0 Å². The predicted octanol–water partition coefficient (Wildman–Crippen LogP) is 6.40. The van der Waals surface area contributed by atoms with E-state index in [4.69, 9.17) is 0 Å². The summed E-state index contributed by atoms with van der Waals surface area (Å²) < 4.78 is 39.2. The number of rotatable bonds is 8. The molecule has 0 aliphatic rings. The Bertz CT molecular complexity index is 469. The molecule has 0 atom stereocenters. The van der Waals surface area contributed by atoms with Crippen LogP contribution in [0.2, 0.25) is 0 Å². The lowest BCUT2D eigenvalue weighted by Gasteiger charge is -2.12. The van der Waals surface area contributed by atoms with Gasteiger partial charge in [0, 0.05) is 16.5 Å². The summed E-state index contributed by atoms with van der Waals surface area (Å²) in [6, 6.07) is 3.70. The molecule has 0 radical (unpaired) electrons. The van der Waals surface area contributed by atoms with E-state index in [1.54, 1.807) is 0 Å². The fraction of sp³-hybridized carbons (Fsp3) is 0.562. The minimum absolute atomic E-state index is 0.177. The van der Waals surface area contributed by atoms with Crippen LogP contribution in [-0.2, 0) is 6.18 Å². The van der Waals surface area contributed by atoms with Crippen molar-refractivity contribution >= 4 is 21.7 Å². The summed E-state index contributed by atoms with van der Waals surface area (Å²) >= 11 is 3.01. The molecule has 0 amide bonds. The van der Waals surface area contributed by atoms with Crippen LogP contribution in [0.3, 0.4) is 0 Å². The highest BCUT2D eigenvalue weighted by Crippen LogP contribution is 2.34. The third kappa shape index (κ3) is 6.20. The van der Waals surface area contributed by atoms with Gasteiger partial charge < -0.3 is 0 Å². The van der Waals surface area contributed by atoms with Crippen molar-refractivity contribution in [2.45, 2.75) is 58.0 Å². The van der Waals surface area contributed by atoms with E-state index in [1.807, 2.05) is 0 Å². The number of carbonyl (C=O) groups is 1. The average molecular weight is 365 g/mol. The van der Waals surface area contributed by atoms with Gasteiger partial charge in [-0.25, -0.2) is 0 Å². The molecule has 0 saturated carbocycles. The Hall–Kier alpha value is -0.840. The van der Waals surface area contributed by atoms with E-state index < -0.39 is 17.5 Å². The van der Waals surface area contributed by atoms with E-state index in [-0.39, 0.29) is 12.0 Å². The van der Waals surface area contributed by atoms with Gasteiger partial charge in [0.05, 0.1) is 5.56 Å². The van der Waals surface area contributed by atoms with E-state index in [9.17, 15) is 18.0 Å². The van der Waals surface area contributed by atoms with E-state index in [0.717, 1.165) is 31.7 Å². The van der Waals surface area contributed by atoms with Crippen molar-refractivity contribution in [3.05, 3.63) is 33.8 Å². The number of alkyl halides is 3. The molecular formula is C16H20BrF3O. The summed E-state index contributed by atoms with van der Waals surface area (Å²) in [6.45, 7) is 2.12. The normalized spacial score (nSPS) is 11.7. The summed E-state index contributed by atoms with van der Waals surface area (Å²) in [6.07, 6.45) is 1.68. The number of hydrogen-bond acceptors (Lipinski definition) is 1. The van der Waals surface area contributed by atoms with Crippen molar-refractivity contribution in [1.82, 2.24) is 0 Å². The van der Waals surface area contributed by atoms with Crippen molar-refractivity contribution < 1.29 is 18.0 Å². The van der Waals surface area contributed by atoms with Crippen LogP contribution in [0.5, 0.6) is 0 Å². The Morgan fingerprint density at radius 1 is 1.10 bits per heavy atom. The minimum Gasteiger partial charge on any atom is -0.294 e. The molecule has 0 aliphatic carbocycles. The molecule has 1 aromatic carbocycles. The van der Waals surface area contributed by atoms with E-state index in [1.165, 1.54) is 18.6 Å². The molecule has 0 spiro atoms. The Morgan fingerprint density at radius 2 is 1.71 bits per heavy atom. The largest absolute Gasteiger partial charge is 0.417 e.